The van der Waals surface area contributed by atoms with Gasteiger partial charge in [-0.3, -0.25) is 4.79 Å². The minimum Gasteiger partial charge on any atom is -0.481 e. The van der Waals surface area contributed by atoms with E-state index in [4.69, 9.17) is 9.47 Å². The SMILES string of the molecule is COC(C)(N(C(=O)OCc1ccccc1)c1ccccc1)[PH](=O)C1CCCC1C(=O)O. The van der Waals surface area contributed by atoms with Crippen molar-refractivity contribution in [3.8, 4) is 0 Å². The minimum absolute atomic E-state index is 0.0465. The van der Waals surface area contributed by atoms with Crippen molar-refractivity contribution in [2.75, 3.05) is 12.0 Å². The molecule has 0 heterocycles. The Balaban J connectivity index is 1.93. The number of ether oxygens (including phenoxy) is 2. The van der Waals surface area contributed by atoms with Crippen LogP contribution in [0.3, 0.4) is 0 Å². The number of hydrogen-bond acceptors (Lipinski definition) is 5. The highest BCUT2D eigenvalue weighted by Gasteiger charge is 2.50. The van der Waals surface area contributed by atoms with Crippen LogP contribution in [0, 0.1) is 5.92 Å². The van der Waals surface area contributed by atoms with E-state index in [1.54, 1.807) is 31.2 Å². The number of carbonyl (C=O) groups is 2. The Morgan fingerprint density at radius 1 is 1.10 bits per heavy atom. The van der Waals surface area contributed by atoms with Crippen LogP contribution in [0.4, 0.5) is 10.5 Å². The number of carbonyl (C=O) groups excluding carboxylic acids is 1. The van der Waals surface area contributed by atoms with Gasteiger partial charge in [0.05, 0.1) is 11.6 Å². The van der Waals surface area contributed by atoms with E-state index >= 15 is 0 Å². The highest BCUT2D eigenvalue weighted by molar-refractivity contribution is 7.47. The van der Waals surface area contributed by atoms with Crippen molar-refractivity contribution in [2.24, 2.45) is 5.92 Å². The molecule has 0 spiro atoms. The molecule has 0 radical (unpaired) electrons. The average Bonchev–Trinajstić information content (AvgIpc) is 3.29. The number of anilines is 1. The van der Waals surface area contributed by atoms with Gasteiger partial charge in [-0.05, 0) is 37.5 Å². The average molecular weight is 445 g/mol. The van der Waals surface area contributed by atoms with Crippen LogP contribution in [0.2, 0.25) is 0 Å². The molecule has 4 unspecified atom stereocenters. The van der Waals surface area contributed by atoms with E-state index in [2.05, 4.69) is 0 Å². The van der Waals surface area contributed by atoms with Gasteiger partial charge < -0.3 is 19.1 Å². The van der Waals surface area contributed by atoms with Crippen molar-refractivity contribution in [3.05, 3.63) is 66.2 Å². The Labute approximate surface area is 182 Å². The van der Waals surface area contributed by atoms with Crippen LogP contribution in [-0.2, 0) is 25.4 Å². The fraction of sp³-hybridized carbons (Fsp3) is 0.391. The topological polar surface area (TPSA) is 93.1 Å². The maximum Gasteiger partial charge on any atom is 0.417 e. The second-order valence-corrected chi connectivity index (χ2v) is 10.1. The van der Waals surface area contributed by atoms with Crippen LogP contribution in [0.5, 0.6) is 0 Å². The van der Waals surface area contributed by atoms with E-state index in [0.29, 0.717) is 24.9 Å². The van der Waals surface area contributed by atoms with E-state index in [0.717, 1.165) is 5.56 Å². The number of nitrogens with zero attached hydrogens (tertiary/aromatic N) is 1. The molecular formula is C23H28NO6P. The van der Waals surface area contributed by atoms with Crippen molar-refractivity contribution in [1.82, 2.24) is 0 Å². The van der Waals surface area contributed by atoms with Gasteiger partial charge in [0.15, 0.2) is 5.47 Å². The molecule has 1 amide bonds. The molecule has 3 rings (SSSR count). The summed E-state index contributed by atoms with van der Waals surface area (Å²) in [6, 6.07) is 18.0. The summed E-state index contributed by atoms with van der Waals surface area (Å²) in [7, 11) is -1.37. The van der Waals surface area contributed by atoms with Gasteiger partial charge in [-0.15, -0.1) is 0 Å². The third-order valence-electron chi connectivity index (χ3n) is 5.85. The van der Waals surface area contributed by atoms with Crippen molar-refractivity contribution in [1.29, 1.82) is 0 Å². The van der Waals surface area contributed by atoms with Gasteiger partial charge in [-0.1, -0.05) is 55.0 Å². The first-order valence-electron chi connectivity index (χ1n) is 10.3. The fourth-order valence-electron chi connectivity index (χ4n) is 4.10. The lowest BCUT2D eigenvalue weighted by Gasteiger charge is -2.40. The number of amides is 1. The molecule has 7 nitrogen and oxygen atoms in total. The van der Waals surface area contributed by atoms with Crippen molar-refractivity contribution in [3.63, 3.8) is 0 Å². The summed E-state index contributed by atoms with van der Waals surface area (Å²) >= 11 is 0. The lowest BCUT2D eigenvalue weighted by Crippen LogP contribution is -2.51. The highest BCUT2D eigenvalue weighted by atomic mass is 31.1. The molecule has 1 saturated carbocycles. The normalized spacial score (nSPS) is 21.1. The summed E-state index contributed by atoms with van der Waals surface area (Å²) in [5.74, 6) is -1.67. The lowest BCUT2D eigenvalue weighted by molar-refractivity contribution is -0.141. The van der Waals surface area contributed by atoms with Gasteiger partial charge >= 0.3 is 12.1 Å². The van der Waals surface area contributed by atoms with Crippen molar-refractivity contribution in [2.45, 2.75) is 43.9 Å². The van der Waals surface area contributed by atoms with Crippen LogP contribution >= 0.6 is 7.80 Å². The molecule has 1 N–H and O–H groups in total. The first-order chi connectivity index (χ1) is 14.9. The summed E-state index contributed by atoms with van der Waals surface area (Å²) in [6.45, 7) is 1.62. The summed E-state index contributed by atoms with van der Waals surface area (Å²) in [4.78, 5) is 26.2. The van der Waals surface area contributed by atoms with Gasteiger partial charge in [-0.2, -0.15) is 0 Å². The van der Waals surface area contributed by atoms with Crippen molar-refractivity contribution >= 4 is 25.6 Å². The second-order valence-electron chi connectivity index (χ2n) is 7.74. The van der Waals surface area contributed by atoms with Gasteiger partial charge in [-0.25, -0.2) is 9.69 Å². The molecule has 2 aromatic rings. The van der Waals surface area contributed by atoms with Gasteiger partial charge in [0.2, 0.25) is 0 Å². The van der Waals surface area contributed by atoms with Gasteiger partial charge in [0.25, 0.3) is 0 Å². The molecule has 0 saturated heterocycles. The van der Waals surface area contributed by atoms with Crippen molar-refractivity contribution < 1.29 is 28.7 Å². The summed E-state index contributed by atoms with van der Waals surface area (Å²) in [6.07, 6.45) is 0.972. The minimum atomic E-state index is -2.75. The van der Waals surface area contributed by atoms with Gasteiger partial charge in [0, 0.05) is 12.8 Å². The van der Waals surface area contributed by atoms with Gasteiger partial charge in [0.1, 0.15) is 14.4 Å². The standard InChI is InChI=1S/C23H28NO6P/c1-23(29-2,31(28)20-15-9-14-19(20)21(25)26)24(18-12-7-4-8-13-18)22(27)30-16-17-10-5-3-6-11-17/h3-8,10-13,19-20,31H,9,14-16H2,1-2H3,(H,25,26). The summed E-state index contributed by atoms with van der Waals surface area (Å²) in [5, 5.41) is 9.58. The number of methoxy groups -OCH3 is 1. The van der Waals surface area contributed by atoms with E-state index in [9.17, 15) is 19.3 Å². The fourth-order valence-corrected chi connectivity index (χ4v) is 6.57. The molecule has 1 aliphatic rings. The largest absolute Gasteiger partial charge is 0.481 e. The Kier molecular flexibility index (Phi) is 7.52. The molecule has 4 atom stereocenters. The predicted molar refractivity (Wildman–Crippen MR) is 119 cm³/mol. The van der Waals surface area contributed by atoms with Crippen LogP contribution in [0.1, 0.15) is 31.7 Å². The monoisotopic (exact) mass is 445 g/mol. The molecule has 0 bridgehead atoms. The zero-order valence-electron chi connectivity index (χ0n) is 17.7. The first-order valence-corrected chi connectivity index (χ1v) is 11.7. The Morgan fingerprint density at radius 3 is 2.29 bits per heavy atom. The smallest absolute Gasteiger partial charge is 0.417 e. The third-order valence-corrected chi connectivity index (χ3v) is 8.56. The first kappa shape index (κ1) is 23.0. The van der Waals surface area contributed by atoms with Crippen LogP contribution in [0.15, 0.2) is 60.7 Å². The van der Waals surface area contributed by atoms with Crippen LogP contribution in [-0.4, -0.2) is 35.4 Å². The second kappa shape index (κ2) is 10.1. The molecule has 1 fully saturated rings. The molecule has 2 aromatic carbocycles. The maximum absolute atomic E-state index is 13.8. The molecule has 8 heteroatoms. The number of aliphatic carboxylic acids is 1. The molecular weight excluding hydrogens is 417 g/mol. The van der Waals surface area contributed by atoms with E-state index in [1.165, 1.54) is 12.0 Å². The Hall–Kier alpha value is -2.63. The molecule has 0 aliphatic heterocycles. The molecule has 31 heavy (non-hydrogen) atoms. The number of benzene rings is 2. The highest BCUT2D eigenvalue weighted by Crippen LogP contribution is 2.54. The zero-order chi connectivity index (χ0) is 22.4. The summed E-state index contributed by atoms with van der Waals surface area (Å²) in [5.41, 5.74) is -0.811. The van der Waals surface area contributed by atoms with E-state index in [-0.39, 0.29) is 6.61 Å². The van der Waals surface area contributed by atoms with Crippen LogP contribution < -0.4 is 4.90 Å². The number of rotatable bonds is 8. The summed E-state index contributed by atoms with van der Waals surface area (Å²) < 4.78 is 25.0. The third kappa shape index (κ3) is 5.00. The van der Waals surface area contributed by atoms with Crippen LogP contribution in [0.25, 0.3) is 0 Å². The lowest BCUT2D eigenvalue weighted by atomic mass is 10.1. The molecule has 1 aliphatic carbocycles. The number of para-hydroxylation sites is 1. The maximum atomic E-state index is 13.8. The number of carboxylic acids is 1. The van der Waals surface area contributed by atoms with E-state index in [1.807, 2.05) is 36.4 Å². The zero-order valence-corrected chi connectivity index (χ0v) is 18.7. The van der Waals surface area contributed by atoms with E-state index < -0.39 is 36.9 Å². The predicted octanol–water partition coefficient (Wildman–Crippen LogP) is 4.96. The number of hydrogen-bond donors (Lipinski definition) is 1. The molecule has 166 valence electrons. The molecule has 0 aromatic heterocycles. The quantitative estimate of drug-likeness (QED) is 0.456. The Bertz CT molecular complexity index is 922. The Morgan fingerprint density at radius 2 is 1.71 bits per heavy atom. The number of carboxylic acid groups (broad SMARTS) is 1.